The van der Waals surface area contributed by atoms with Crippen LogP contribution in [0.1, 0.15) is 28.9 Å². The average Bonchev–Trinajstić information content (AvgIpc) is 3.19. The van der Waals surface area contributed by atoms with E-state index >= 15 is 0 Å². The van der Waals surface area contributed by atoms with Crippen molar-refractivity contribution in [3.05, 3.63) is 71.3 Å². The van der Waals surface area contributed by atoms with Crippen LogP contribution in [-0.2, 0) is 10.9 Å². The third-order valence-electron chi connectivity index (χ3n) is 3.19. The topological polar surface area (TPSA) is 12.5 Å². The van der Waals surface area contributed by atoms with Gasteiger partial charge in [0.25, 0.3) is 0 Å². The lowest BCUT2D eigenvalue weighted by atomic mass is 10.0. The SMILES string of the molecule is FC(F)(F)c1ccc(C2OC2c2ccccc2)cc1. The van der Waals surface area contributed by atoms with Gasteiger partial charge in [0.2, 0.25) is 0 Å². The average molecular weight is 264 g/mol. The Balaban J connectivity index is 1.76. The highest BCUT2D eigenvalue weighted by Crippen LogP contribution is 2.50. The molecule has 0 N–H and O–H groups in total. The molecule has 1 nitrogen and oxygen atoms in total. The van der Waals surface area contributed by atoms with Gasteiger partial charge in [-0.15, -0.1) is 0 Å². The summed E-state index contributed by atoms with van der Waals surface area (Å²) in [5.74, 6) is 0. The van der Waals surface area contributed by atoms with Gasteiger partial charge in [-0.3, -0.25) is 0 Å². The minimum atomic E-state index is -4.29. The normalized spacial score (nSPS) is 22.3. The predicted octanol–water partition coefficient (Wildman–Crippen LogP) is 4.52. The minimum Gasteiger partial charge on any atom is -0.359 e. The molecule has 1 heterocycles. The Kier molecular flexibility index (Phi) is 2.82. The van der Waals surface area contributed by atoms with Crippen LogP contribution in [0.4, 0.5) is 13.2 Å². The molecule has 0 saturated carbocycles. The van der Waals surface area contributed by atoms with Crippen molar-refractivity contribution >= 4 is 0 Å². The molecule has 2 unspecified atom stereocenters. The maximum absolute atomic E-state index is 12.4. The highest BCUT2D eigenvalue weighted by atomic mass is 19.4. The summed E-state index contributed by atoms with van der Waals surface area (Å²) < 4.78 is 42.9. The fraction of sp³-hybridized carbons (Fsp3) is 0.200. The lowest BCUT2D eigenvalue weighted by Gasteiger charge is -2.06. The van der Waals surface area contributed by atoms with Crippen LogP contribution in [-0.4, -0.2) is 0 Å². The molecule has 1 aliphatic heterocycles. The first-order valence-corrected chi connectivity index (χ1v) is 5.93. The van der Waals surface area contributed by atoms with Crippen LogP contribution in [0.5, 0.6) is 0 Å². The number of hydrogen-bond donors (Lipinski definition) is 0. The van der Waals surface area contributed by atoms with Crippen molar-refractivity contribution in [3.63, 3.8) is 0 Å². The van der Waals surface area contributed by atoms with Crippen molar-refractivity contribution < 1.29 is 17.9 Å². The molecular formula is C15H11F3O. The molecule has 0 aromatic heterocycles. The Hall–Kier alpha value is -1.81. The summed E-state index contributed by atoms with van der Waals surface area (Å²) in [6.07, 6.45) is -4.47. The number of hydrogen-bond acceptors (Lipinski definition) is 1. The lowest BCUT2D eigenvalue weighted by molar-refractivity contribution is -0.137. The summed E-state index contributed by atoms with van der Waals surface area (Å²) in [7, 11) is 0. The molecule has 0 aliphatic carbocycles. The molecule has 2 aromatic rings. The third kappa shape index (κ3) is 2.49. The van der Waals surface area contributed by atoms with E-state index in [1.54, 1.807) is 0 Å². The molecule has 2 aromatic carbocycles. The van der Waals surface area contributed by atoms with Crippen molar-refractivity contribution in [2.45, 2.75) is 18.4 Å². The van der Waals surface area contributed by atoms with Crippen molar-refractivity contribution in [1.82, 2.24) is 0 Å². The second kappa shape index (κ2) is 4.38. The van der Waals surface area contributed by atoms with E-state index in [1.807, 2.05) is 30.3 Å². The molecule has 1 saturated heterocycles. The largest absolute Gasteiger partial charge is 0.416 e. The number of halogens is 3. The predicted molar refractivity (Wildman–Crippen MR) is 64.5 cm³/mol. The van der Waals surface area contributed by atoms with E-state index in [4.69, 9.17) is 4.74 Å². The zero-order valence-electron chi connectivity index (χ0n) is 9.89. The Morgan fingerprint density at radius 2 is 1.26 bits per heavy atom. The molecule has 1 fully saturated rings. The zero-order chi connectivity index (χ0) is 13.5. The molecule has 3 rings (SSSR count). The van der Waals surface area contributed by atoms with E-state index in [2.05, 4.69) is 0 Å². The van der Waals surface area contributed by atoms with Gasteiger partial charge in [-0.05, 0) is 23.3 Å². The second-order valence-corrected chi connectivity index (χ2v) is 4.51. The first kappa shape index (κ1) is 12.2. The minimum absolute atomic E-state index is 0.0436. The molecule has 0 bridgehead atoms. The van der Waals surface area contributed by atoms with E-state index in [0.29, 0.717) is 0 Å². The highest BCUT2D eigenvalue weighted by Gasteiger charge is 2.41. The first-order chi connectivity index (χ1) is 9.05. The maximum Gasteiger partial charge on any atom is 0.416 e. The summed E-state index contributed by atoms with van der Waals surface area (Å²) in [4.78, 5) is 0. The number of rotatable bonds is 2. The van der Waals surface area contributed by atoms with E-state index < -0.39 is 11.7 Å². The smallest absolute Gasteiger partial charge is 0.359 e. The van der Waals surface area contributed by atoms with Crippen molar-refractivity contribution in [3.8, 4) is 0 Å². The fourth-order valence-corrected chi connectivity index (χ4v) is 2.12. The summed E-state index contributed by atoms with van der Waals surface area (Å²) >= 11 is 0. The van der Waals surface area contributed by atoms with Gasteiger partial charge >= 0.3 is 6.18 Å². The zero-order valence-corrected chi connectivity index (χ0v) is 9.89. The van der Waals surface area contributed by atoms with Gasteiger partial charge in [-0.25, -0.2) is 0 Å². The van der Waals surface area contributed by atoms with Crippen LogP contribution in [0.3, 0.4) is 0 Å². The van der Waals surface area contributed by atoms with Crippen LogP contribution < -0.4 is 0 Å². The summed E-state index contributed by atoms with van der Waals surface area (Å²) in [6, 6.07) is 14.8. The quantitative estimate of drug-likeness (QED) is 0.726. The molecule has 1 aliphatic rings. The lowest BCUT2D eigenvalue weighted by Crippen LogP contribution is -2.04. The Morgan fingerprint density at radius 1 is 0.737 bits per heavy atom. The Labute approximate surface area is 108 Å². The fourth-order valence-electron chi connectivity index (χ4n) is 2.12. The van der Waals surface area contributed by atoms with E-state index in [1.165, 1.54) is 12.1 Å². The number of alkyl halides is 3. The van der Waals surface area contributed by atoms with Gasteiger partial charge in [-0.2, -0.15) is 13.2 Å². The van der Waals surface area contributed by atoms with E-state index in [-0.39, 0.29) is 12.2 Å². The second-order valence-electron chi connectivity index (χ2n) is 4.51. The van der Waals surface area contributed by atoms with Gasteiger partial charge < -0.3 is 4.74 Å². The van der Waals surface area contributed by atoms with Crippen LogP contribution in [0.25, 0.3) is 0 Å². The van der Waals surface area contributed by atoms with Crippen molar-refractivity contribution in [2.24, 2.45) is 0 Å². The van der Waals surface area contributed by atoms with Gasteiger partial charge in [0.05, 0.1) is 5.56 Å². The Bertz CT molecular complexity index is 560. The highest BCUT2D eigenvalue weighted by molar-refractivity contribution is 5.32. The summed E-state index contributed by atoms with van der Waals surface area (Å²) in [5, 5.41) is 0. The molecule has 0 spiro atoms. The van der Waals surface area contributed by atoms with E-state index in [9.17, 15) is 13.2 Å². The third-order valence-corrected chi connectivity index (χ3v) is 3.19. The molecule has 98 valence electrons. The van der Waals surface area contributed by atoms with Gasteiger partial charge in [0.15, 0.2) is 0 Å². The number of ether oxygens (including phenoxy) is 1. The standard InChI is InChI=1S/C15H11F3O/c16-15(17,18)12-8-6-11(7-9-12)14-13(19-14)10-4-2-1-3-5-10/h1-9,13-14H. The molecular weight excluding hydrogens is 253 g/mol. The van der Waals surface area contributed by atoms with Gasteiger partial charge in [-0.1, -0.05) is 42.5 Å². The molecule has 0 radical (unpaired) electrons. The molecule has 4 heteroatoms. The van der Waals surface area contributed by atoms with Crippen LogP contribution in [0.2, 0.25) is 0 Å². The van der Waals surface area contributed by atoms with Gasteiger partial charge in [0, 0.05) is 0 Å². The van der Waals surface area contributed by atoms with Crippen molar-refractivity contribution in [2.75, 3.05) is 0 Å². The first-order valence-electron chi connectivity index (χ1n) is 5.93. The molecule has 2 atom stereocenters. The van der Waals surface area contributed by atoms with E-state index in [0.717, 1.165) is 23.3 Å². The monoisotopic (exact) mass is 264 g/mol. The van der Waals surface area contributed by atoms with Crippen molar-refractivity contribution in [1.29, 1.82) is 0 Å². The van der Waals surface area contributed by atoms with Crippen LogP contribution in [0, 0.1) is 0 Å². The van der Waals surface area contributed by atoms with Crippen LogP contribution in [0.15, 0.2) is 54.6 Å². The number of benzene rings is 2. The summed E-state index contributed by atoms with van der Waals surface area (Å²) in [6.45, 7) is 0. The maximum atomic E-state index is 12.4. The van der Waals surface area contributed by atoms with Gasteiger partial charge in [0.1, 0.15) is 12.2 Å². The number of epoxide rings is 1. The van der Waals surface area contributed by atoms with Crippen LogP contribution >= 0.6 is 0 Å². The summed E-state index contributed by atoms with van der Waals surface area (Å²) in [5.41, 5.74) is 1.20. The molecule has 19 heavy (non-hydrogen) atoms. The Morgan fingerprint density at radius 3 is 1.79 bits per heavy atom. The molecule has 0 amide bonds.